The third-order valence-electron chi connectivity index (χ3n) is 6.81. The minimum atomic E-state index is -5.17. The van der Waals surface area contributed by atoms with Crippen molar-refractivity contribution >= 4 is 27.5 Å². The summed E-state index contributed by atoms with van der Waals surface area (Å²) in [7, 11) is -9.01. The van der Waals surface area contributed by atoms with Crippen molar-refractivity contribution in [1.82, 2.24) is 9.80 Å². The van der Waals surface area contributed by atoms with Gasteiger partial charge in [0.25, 0.3) is 0 Å². The summed E-state index contributed by atoms with van der Waals surface area (Å²) in [5, 5.41) is 31.3. The first kappa shape index (κ1) is 33.5. The topological polar surface area (TPSA) is 263 Å². The van der Waals surface area contributed by atoms with E-state index < -0.39 is 83.6 Å². The van der Waals surface area contributed by atoms with Crippen LogP contribution in [0.3, 0.4) is 0 Å². The van der Waals surface area contributed by atoms with E-state index in [1.165, 1.54) is 28.4 Å². The number of phosphoric acid groups is 2. The van der Waals surface area contributed by atoms with E-state index in [0.717, 1.165) is 7.11 Å². The minimum absolute atomic E-state index is 0.00841. The highest BCUT2D eigenvalue weighted by Gasteiger charge is 2.47. The largest absolute Gasteiger partial charge is 0.483 e. The van der Waals surface area contributed by atoms with Crippen molar-refractivity contribution in [2.24, 2.45) is 11.5 Å². The van der Waals surface area contributed by atoms with Gasteiger partial charge in [0.1, 0.15) is 24.4 Å². The average Bonchev–Trinajstić information content (AvgIpc) is 3.49. The Hall–Kier alpha value is -2.44. The number of rotatable bonds is 13. The number of ether oxygens (including phenoxy) is 2. The first-order valence-corrected chi connectivity index (χ1v) is 15.9. The van der Waals surface area contributed by atoms with Crippen LogP contribution in [-0.2, 0) is 46.1 Å². The lowest BCUT2D eigenvalue weighted by Crippen LogP contribution is -2.40. The minimum Gasteiger partial charge on any atom is -0.388 e. The van der Waals surface area contributed by atoms with Crippen LogP contribution in [0.2, 0.25) is 0 Å². The molecule has 0 spiro atoms. The van der Waals surface area contributed by atoms with Crippen LogP contribution in [0.15, 0.2) is 48.1 Å². The van der Waals surface area contributed by atoms with Gasteiger partial charge in [-0.05, 0) is 12.8 Å². The number of phosphoric ester groups is 2. The van der Waals surface area contributed by atoms with Crippen LogP contribution in [0, 0.1) is 0 Å². The van der Waals surface area contributed by atoms with Crippen LogP contribution in [0.25, 0.3) is 0 Å². The van der Waals surface area contributed by atoms with Gasteiger partial charge in [0, 0.05) is 49.5 Å². The number of aliphatic hydroxyl groups excluding tert-OH is 3. The standard InChI is InChI=1S/C23H34N4O14P2/c1-36-43(35,38-11-15-8-16(28)22(39-15)26-6-2-4-13(9-26)20(24)31)41-42(33,34)37-12-17-18(29)19(30)23(40-17)27-7-3-5-14(10-27)21(25)32/h2-3,6-7,9-10,15-19,22-23,28-30H,4-5,8,11-12H2,1H3,(H2,24,31)(H2,25,32)(H,33,34)/t15-,16+,17+,18+,19+,22+,23+,43?/m0/s1. The van der Waals surface area contributed by atoms with Crippen LogP contribution >= 0.6 is 15.6 Å². The lowest BCUT2D eigenvalue weighted by molar-refractivity contribution is -0.115. The molecule has 4 heterocycles. The first-order chi connectivity index (χ1) is 20.2. The summed E-state index contributed by atoms with van der Waals surface area (Å²) in [4.78, 5) is 35.9. The van der Waals surface area contributed by atoms with Crippen molar-refractivity contribution in [3.63, 3.8) is 0 Å². The fourth-order valence-corrected chi connectivity index (χ4v) is 7.06. The summed E-state index contributed by atoms with van der Waals surface area (Å²) in [5.74, 6) is -1.31. The van der Waals surface area contributed by atoms with E-state index in [9.17, 15) is 38.9 Å². The van der Waals surface area contributed by atoms with Crippen molar-refractivity contribution in [1.29, 1.82) is 0 Å². The maximum absolute atomic E-state index is 12.9. The number of carbonyl (C=O) groups excluding carboxylic acids is 2. The van der Waals surface area contributed by atoms with Gasteiger partial charge in [-0.15, -0.1) is 0 Å². The summed E-state index contributed by atoms with van der Waals surface area (Å²) in [6, 6.07) is 0. The molecule has 0 aromatic carbocycles. The predicted molar refractivity (Wildman–Crippen MR) is 143 cm³/mol. The molecule has 240 valence electrons. The molecule has 9 atom stereocenters. The van der Waals surface area contributed by atoms with Crippen molar-refractivity contribution in [2.75, 3.05) is 20.3 Å². The molecule has 0 bridgehead atoms. The summed E-state index contributed by atoms with van der Waals surface area (Å²) in [5.41, 5.74) is 11.1. The van der Waals surface area contributed by atoms with E-state index in [4.69, 9.17) is 34.5 Å². The van der Waals surface area contributed by atoms with Crippen molar-refractivity contribution in [3.8, 4) is 0 Å². The monoisotopic (exact) mass is 652 g/mol. The fourth-order valence-electron chi connectivity index (χ4n) is 4.62. The van der Waals surface area contributed by atoms with E-state index in [1.54, 1.807) is 18.4 Å². The molecule has 0 aliphatic carbocycles. The third kappa shape index (κ3) is 8.19. The van der Waals surface area contributed by atoms with Gasteiger partial charge in [0.15, 0.2) is 12.5 Å². The highest BCUT2D eigenvalue weighted by atomic mass is 31.3. The van der Waals surface area contributed by atoms with Crippen molar-refractivity contribution in [3.05, 3.63) is 48.1 Å². The number of amides is 2. The lowest BCUT2D eigenvalue weighted by atomic mass is 10.1. The Kier molecular flexibility index (Phi) is 10.6. The number of hydrogen-bond acceptors (Lipinski definition) is 15. The van der Waals surface area contributed by atoms with Gasteiger partial charge in [-0.25, -0.2) is 9.13 Å². The SMILES string of the molecule is COP(=O)(OC[C@@H]1C[C@@H](O)[C@H](N2C=CCC(C(N)=O)=C2)O1)OP(=O)(O)OC[C@H]1O[C@@H](N2C=CCC(C(N)=O)=C2)[C@H](O)[C@@H]1O. The molecule has 18 nitrogen and oxygen atoms in total. The van der Waals surface area contributed by atoms with Crippen LogP contribution in [-0.4, -0.2) is 105 Å². The number of primary amides is 2. The van der Waals surface area contributed by atoms with Crippen LogP contribution < -0.4 is 11.5 Å². The van der Waals surface area contributed by atoms with Crippen molar-refractivity contribution < 1.29 is 66.3 Å². The van der Waals surface area contributed by atoms with E-state index in [2.05, 4.69) is 4.31 Å². The van der Waals surface area contributed by atoms with Crippen LogP contribution in [0.1, 0.15) is 19.3 Å². The Morgan fingerprint density at radius 2 is 1.51 bits per heavy atom. The normalized spacial score (nSPS) is 33.6. The second kappa shape index (κ2) is 13.7. The Morgan fingerprint density at radius 3 is 2.07 bits per heavy atom. The molecule has 2 amide bonds. The highest BCUT2D eigenvalue weighted by Crippen LogP contribution is 2.63. The zero-order valence-electron chi connectivity index (χ0n) is 22.9. The molecular formula is C23H34N4O14P2. The molecular weight excluding hydrogens is 618 g/mol. The van der Waals surface area contributed by atoms with E-state index in [-0.39, 0.29) is 18.4 Å². The quantitative estimate of drug-likeness (QED) is 0.130. The third-order valence-corrected chi connectivity index (χ3v) is 9.82. The van der Waals surface area contributed by atoms with Gasteiger partial charge >= 0.3 is 15.6 Å². The molecule has 2 fully saturated rings. The van der Waals surface area contributed by atoms with E-state index in [1.807, 2.05) is 0 Å². The molecule has 4 aliphatic rings. The maximum Gasteiger partial charge on any atom is 0.483 e. The number of carbonyl (C=O) groups is 2. The number of nitrogens with two attached hydrogens (primary N) is 2. The second-order valence-electron chi connectivity index (χ2n) is 9.88. The Morgan fingerprint density at radius 1 is 0.930 bits per heavy atom. The fraction of sp³-hybridized carbons (Fsp3) is 0.565. The van der Waals surface area contributed by atoms with Gasteiger partial charge in [0.2, 0.25) is 11.8 Å². The van der Waals surface area contributed by atoms with Gasteiger partial charge in [0.05, 0.1) is 19.3 Å². The highest BCUT2D eigenvalue weighted by molar-refractivity contribution is 7.61. The molecule has 0 saturated carbocycles. The molecule has 2 unspecified atom stereocenters. The summed E-state index contributed by atoms with van der Waals surface area (Å²) in [6.45, 7) is -1.29. The van der Waals surface area contributed by atoms with E-state index in [0.29, 0.717) is 12.0 Å². The molecule has 2 saturated heterocycles. The lowest BCUT2D eigenvalue weighted by Gasteiger charge is -2.28. The van der Waals surface area contributed by atoms with E-state index >= 15 is 0 Å². The average molecular weight is 652 g/mol. The Labute approximate surface area is 245 Å². The molecule has 20 heteroatoms. The molecule has 0 aromatic heterocycles. The smallest absolute Gasteiger partial charge is 0.388 e. The number of aliphatic hydroxyl groups is 3. The van der Waals surface area contributed by atoms with Gasteiger partial charge in [-0.3, -0.25) is 23.2 Å². The number of allylic oxidation sites excluding steroid dienone is 2. The summed E-state index contributed by atoms with van der Waals surface area (Å²) in [6.07, 6.45) is 1.23. The zero-order chi connectivity index (χ0) is 31.5. The Bertz CT molecular complexity index is 1290. The maximum atomic E-state index is 12.9. The summed E-state index contributed by atoms with van der Waals surface area (Å²) < 4.78 is 56.2. The zero-order valence-corrected chi connectivity index (χ0v) is 24.6. The molecule has 0 aromatic rings. The number of hydrogen-bond donors (Lipinski definition) is 6. The predicted octanol–water partition coefficient (Wildman–Crippen LogP) is -1.01. The summed E-state index contributed by atoms with van der Waals surface area (Å²) >= 11 is 0. The van der Waals surface area contributed by atoms with Gasteiger partial charge < -0.3 is 51.0 Å². The Balaban J connectivity index is 1.29. The molecule has 0 radical (unpaired) electrons. The van der Waals surface area contributed by atoms with Gasteiger partial charge in [-0.2, -0.15) is 4.31 Å². The molecule has 43 heavy (non-hydrogen) atoms. The number of nitrogens with zero attached hydrogens (tertiary/aromatic N) is 2. The van der Waals surface area contributed by atoms with Crippen molar-refractivity contribution in [2.45, 2.75) is 62.2 Å². The van der Waals surface area contributed by atoms with Gasteiger partial charge in [-0.1, -0.05) is 12.2 Å². The molecule has 4 aliphatic heterocycles. The second-order valence-corrected chi connectivity index (χ2v) is 13.2. The molecule has 8 N–H and O–H groups in total. The first-order valence-electron chi connectivity index (χ1n) is 12.9. The molecule has 4 rings (SSSR count). The van der Waals surface area contributed by atoms with Crippen LogP contribution in [0.5, 0.6) is 0 Å². The van der Waals surface area contributed by atoms with Crippen LogP contribution in [0.4, 0.5) is 0 Å².